The number of pyridine rings is 1. The standard InChI is InChI=1S/C22H25N3O3/c1-14-17-5-3-4-6-18(17)28-19(14)13-25(2)21(27)10-7-15-11-16-8-9-20(26)24-22(16)23-12-15/h3-6,11-12,14,19H,7-10,13H2,1-2H3,(H,23,24,26). The normalized spacial score (nSPS) is 20.0. The van der Waals surface area contributed by atoms with Crippen molar-refractivity contribution in [2.45, 2.75) is 44.6 Å². The van der Waals surface area contributed by atoms with Crippen LogP contribution in [0.15, 0.2) is 36.5 Å². The van der Waals surface area contributed by atoms with Crippen LogP contribution >= 0.6 is 0 Å². The number of nitrogens with one attached hydrogen (secondary N) is 1. The van der Waals surface area contributed by atoms with Gasteiger partial charge in [0.05, 0.1) is 6.54 Å². The van der Waals surface area contributed by atoms with E-state index < -0.39 is 0 Å². The third-order valence-electron chi connectivity index (χ3n) is 5.66. The zero-order valence-corrected chi connectivity index (χ0v) is 16.3. The first-order chi connectivity index (χ1) is 13.5. The molecule has 1 N–H and O–H groups in total. The number of ether oxygens (including phenoxy) is 1. The first kappa shape index (κ1) is 18.5. The Bertz CT molecular complexity index is 912. The fraction of sp³-hybridized carbons (Fsp3) is 0.409. The summed E-state index contributed by atoms with van der Waals surface area (Å²) in [5.74, 6) is 1.95. The van der Waals surface area contributed by atoms with Gasteiger partial charge in [-0.15, -0.1) is 0 Å². The van der Waals surface area contributed by atoms with E-state index in [4.69, 9.17) is 4.74 Å². The van der Waals surface area contributed by atoms with Crippen molar-refractivity contribution in [3.05, 3.63) is 53.2 Å². The third-order valence-corrected chi connectivity index (χ3v) is 5.66. The molecule has 0 bridgehead atoms. The summed E-state index contributed by atoms with van der Waals surface area (Å²) in [5, 5.41) is 2.78. The van der Waals surface area contributed by atoms with Crippen molar-refractivity contribution < 1.29 is 14.3 Å². The van der Waals surface area contributed by atoms with E-state index in [1.807, 2.05) is 31.3 Å². The number of likely N-dealkylation sites (N-methyl/N-ethyl adjacent to an activating group) is 1. The molecule has 2 aromatic rings. The Balaban J connectivity index is 1.31. The summed E-state index contributed by atoms with van der Waals surface area (Å²) in [7, 11) is 1.84. The first-order valence-electron chi connectivity index (χ1n) is 9.78. The molecule has 2 aliphatic heterocycles. The minimum absolute atomic E-state index is 0.00932. The van der Waals surface area contributed by atoms with Gasteiger partial charge in [0.25, 0.3) is 0 Å². The average Bonchev–Trinajstić information content (AvgIpc) is 3.01. The molecule has 2 aliphatic rings. The molecule has 0 fully saturated rings. The molecule has 1 aromatic heterocycles. The van der Waals surface area contributed by atoms with Crippen LogP contribution in [0.1, 0.15) is 42.4 Å². The van der Waals surface area contributed by atoms with Crippen molar-refractivity contribution >= 4 is 17.6 Å². The molecule has 4 rings (SSSR count). The molecule has 2 amide bonds. The molecule has 3 heterocycles. The minimum Gasteiger partial charge on any atom is -0.488 e. The average molecular weight is 379 g/mol. The van der Waals surface area contributed by atoms with Crippen LogP contribution in [0.2, 0.25) is 0 Å². The SMILES string of the molecule is CC1c2ccccc2OC1CN(C)C(=O)CCc1cnc2c(c1)CCC(=O)N2. The number of nitrogens with zero attached hydrogens (tertiary/aromatic N) is 2. The molecule has 146 valence electrons. The topological polar surface area (TPSA) is 71.5 Å². The summed E-state index contributed by atoms with van der Waals surface area (Å²) >= 11 is 0. The number of para-hydroxylation sites is 1. The van der Waals surface area contributed by atoms with E-state index in [0.717, 1.165) is 16.9 Å². The number of aryl methyl sites for hydroxylation is 2. The smallest absolute Gasteiger partial charge is 0.225 e. The predicted octanol–water partition coefficient (Wildman–Crippen LogP) is 2.92. The van der Waals surface area contributed by atoms with E-state index in [-0.39, 0.29) is 23.8 Å². The van der Waals surface area contributed by atoms with Gasteiger partial charge in [0.1, 0.15) is 17.7 Å². The number of aromatic nitrogens is 1. The van der Waals surface area contributed by atoms with Crippen molar-refractivity contribution in [1.82, 2.24) is 9.88 Å². The highest BCUT2D eigenvalue weighted by Gasteiger charge is 2.32. The summed E-state index contributed by atoms with van der Waals surface area (Å²) in [5.41, 5.74) is 3.28. The lowest BCUT2D eigenvalue weighted by Gasteiger charge is -2.23. The van der Waals surface area contributed by atoms with E-state index in [9.17, 15) is 9.59 Å². The van der Waals surface area contributed by atoms with E-state index >= 15 is 0 Å². The van der Waals surface area contributed by atoms with Crippen molar-refractivity contribution in [2.75, 3.05) is 18.9 Å². The van der Waals surface area contributed by atoms with Gasteiger partial charge in [0.2, 0.25) is 11.8 Å². The van der Waals surface area contributed by atoms with E-state index in [1.165, 1.54) is 5.56 Å². The van der Waals surface area contributed by atoms with Gasteiger partial charge in [-0.05, 0) is 30.0 Å². The summed E-state index contributed by atoms with van der Waals surface area (Å²) < 4.78 is 6.04. The molecule has 0 aliphatic carbocycles. The Kier molecular flexibility index (Phi) is 5.03. The van der Waals surface area contributed by atoms with Crippen LogP contribution in [-0.2, 0) is 22.4 Å². The second-order valence-electron chi connectivity index (χ2n) is 7.66. The van der Waals surface area contributed by atoms with Crippen LogP contribution in [0.25, 0.3) is 0 Å². The third kappa shape index (κ3) is 3.72. The fourth-order valence-electron chi connectivity index (χ4n) is 3.88. The lowest BCUT2D eigenvalue weighted by atomic mass is 9.97. The molecule has 0 radical (unpaired) electrons. The zero-order chi connectivity index (χ0) is 19.7. The molecule has 0 spiro atoms. The van der Waals surface area contributed by atoms with Crippen molar-refractivity contribution in [3.63, 3.8) is 0 Å². The number of fused-ring (bicyclic) bond motifs is 2. The molecule has 0 saturated heterocycles. The lowest BCUT2D eigenvalue weighted by Crippen LogP contribution is -2.37. The fourth-order valence-corrected chi connectivity index (χ4v) is 3.88. The maximum absolute atomic E-state index is 12.6. The summed E-state index contributed by atoms with van der Waals surface area (Å²) in [6.07, 6.45) is 3.99. The Morgan fingerprint density at radius 2 is 2.14 bits per heavy atom. The number of anilines is 1. The van der Waals surface area contributed by atoms with Gasteiger partial charge in [0.15, 0.2) is 0 Å². The zero-order valence-electron chi connectivity index (χ0n) is 16.3. The number of hydrogen-bond acceptors (Lipinski definition) is 4. The molecule has 6 nitrogen and oxygen atoms in total. The monoisotopic (exact) mass is 379 g/mol. The number of rotatable bonds is 5. The van der Waals surface area contributed by atoms with Gasteiger partial charge in [-0.25, -0.2) is 4.98 Å². The van der Waals surface area contributed by atoms with Crippen LogP contribution in [0, 0.1) is 0 Å². The minimum atomic E-state index is -0.0135. The molecule has 0 saturated carbocycles. The van der Waals surface area contributed by atoms with Crippen molar-refractivity contribution in [2.24, 2.45) is 0 Å². The molecule has 2 unspecified atom stereocenters. The largest absolute Gasteiger partial charge is 0.488 e. The van der Waals surface area contributed by atoms with Gasteiger partial charge >= 0.3 is 0 Å². The number of amides is 2. The number of carbonyl (C=O) groups is 2. The van der Waals surface area contributed by atoms with Gasteiger partial charge in [-0.3, -0.25) is 9.59 Å². The summed E-state index contributed by atoms with van der Waals surface area (Å²) in [6.45, 7) is 2.72. The number of hydrogen-bond donors (Lipinski definition) is 1. The summed E-state index contributed by atoms with van der Waals surface area (Å²) in [4.78, 5) is 30.1. The highest BCUT2D eigenvalue weighted by molar-refractivity contribution is 5.92. The Morgan fingerprint density at radius 1 is 1.32 bits per heavy atom. The van der Waals surface area contributed by atoms with Gasteiger partial charge < -0.3 is 15.0 Å². The molecule has 6 heteroatoms. The first-order valence-corrected chi connectivity index (χ1v) is 9.78. The maximum atomic E-state index is 12.6. The lowest BCUT2D eigenvalue weighted by molar-refractivity contribution is -0.130. The van der Waals surface area contributed by atoms with Gasteiger partial charge in [-0.2, -0.15) is 0 Å². The highest BCUT2D eigenvalue weighted by atomic mass is 16.5. The molecule has 2 atom stereocenters. The van der Waals surface area contributed by atoms with Crippen molar-refractivity contribution in [3.8, 4) is 5.75 Å². The van der Waals surface area contributed by atoms with Crippen LogP contribution in [0.5, 0.6) is 5.75 Å². The Labute approximate surface area is 164 Å². The Hall–Kier alpha value is -2.89. The predicted molar refractivity (Wildman–Crippen MR) is 106 cm³/mol. The van der Waals surface area contributed by atoms with Crippen molar-refractivity contribution in [1.29, 1.82) is 0 Å². The highest BCUT2D eigenvalue weighted by Crippen LogP contribution is 2.37. The van der Waals surface area contributed by atoms with Crippen LogP contribution in [-0.4, -0.2) is 41.4 Å². The Morgan fingerprint density at radius 3 is 2.96 bits per heavy atom. The van der Waals surface area contributed by atoms with Crippen LogP contribution in [0.3, 0.4) is 0 Å². The summed E-state index contributed by atoms with van der Waals surface area (Å²) in [6, 6.07) is 10.1. The van der Waals surface area contributed by atoms with E-state index in [1.54, 1.807) is 11.1 Å². The second-order valence-corrected chi connectivity index (χ2v) is 7.66. The number of benzene rings is 1. The molecule has 1 aromatic carbocycles. The van der Waals surface area contributed by atoms with Gasteiger partial charge in [-0.1, -0.05) is 31.2 Å². The second kappa shape index (κ2) is 7.62. The van der Waals surface area contributed by atoms with Crippen LogP contribution < -0.4 is 10.1 Å². The number of carbonyl (C=O) groups excluding carboxylic acids is 2. The van der Waals surface area contributed by atoms with E-state index in [0.29, 0.717) is 38.0 Å². The molecular weight excluding hydrogens is 354 g/mol. The molecular formula is C22H25N3O3. The quantitative estimate of drug-likeness (QED) is 0.867. The van der Waals surface area contributed by atoms with E-state index in [2.05, 4.69) is 23.3 Å². The van der Waals surface area contributed by atoms with Crippen LogP contribution in [0.4, 0.5) is 5.82 Å². The maximum Gasteiger partial charge on any atom is 0.225 e. The van der Waals surface area contributed by atoms with Gasteiger partial charge in [0, 0.05) is 37.6 Å². The molecule has 28 heavy (non-hydrogen) atoms.